The van der Waals surface area contributed by atoms with Crippen LogP contribution in [-0.4, -0.2) is 16.0 Å². The van der Waals surface area contributed by atoms with Gasteiger partial charge in [-0.3, -0.25) is 0 Å². The molecule has 1 unspecified atom stereocenters. The molecule has 0 amide bonds. The maximum absolute atomic E-state index is 6.12. The highest BCUT2D eigenvalue weighted by molar-refractivity contribution is 6.30. The van der Waals surface area contributed by atoms with Crippen molar-refractivity contribution < 1.29 is 0 Å². The molecule has 18 heavy (non-hydrogen) atoms. The molecule has 4 heteroatoms. The first kappa shape index (κ1) is 13.6. The van der Waals surface area contributed by atoms with Crippen LogP contribution in [0.15, 0.2) is 0 Å². The Morgan fingerprint density at radius 3 is 2.61 bits per heavy atom. The summed E-state index contributed by atoms with van der Waals surface area (Å²) in [5.74, 6) is 1.62. The normalized spacial score (nSPS) is 22.8. The molecule has 1 N–H and O–H groups in total. The fraction of sp³-hybridized carbons (Fsp3) is 0.714. The average molecular weight is 268 g/mol. The molecule has 0 spiro atoms. The number of nitrogens with zero attached hydrogens (tertiary/aromatic N) is 2. The average Bonchev–Trinajstić information content (AvgIpc) is 2.27. The fourth-order valence-electron chi connectivity index (χ4n) is 2.66. The summed E-state index contributed by atoms with van der Waals surface area (Å²) in [5.41, 5.74) is 1.26. The van der Waals surface area contributed by atoms with Crippen molar-refractivity contribution in [3.63, 3.8) is 0 Å². The van der Waals surface area contributed by atoms with Crippen molar-refractivity contribution in [2.45, 2.75) is 59.4 Å². The Balaban J connectivity index is 2.23. The Kier molecular flexibility index (Phi) is 3.81. The summed E-state index contributed by atoms with van der Waals surface area (Å²) >= 11 is 6.12. The van der Waals surface area contributed by atoms with Crippen LogP contribution in [0, 0.1) is 19.3 Å². The summed E-state index contributed by atoms with van der Waals surface area (Å²) in [6, 6.07) is 0.468. The molecule has 1 atom stereocenters. The second kappa shape index (κ2) is 5.04. The van der Waals surface area contributed by atoms with E-state index in [1.165, 1.54) is 25.7 Å². The molecule has 1 aromatic rings. The molecular formula is C14H22ClN3. The van der Waals surface area contributed by atoms with Crippen molar-refractivity contribution in [2.24, 2.45) is 5.41 Å². The van der Waals surface area contributed by atoms with Gasteiger partial charge in [-0.25, -0.2) is 9.97 Å². The lowest BCUT2D eigenvalue weighted by Crippen LogP contribution is -2.39. The third-order valence-electron chi connectivity index (χ3n) is 4.02. The minimum atomic E-state index is 0.315. The molecule has 0 aromatic carbocycles. The van der Waals surface area contributed by atoms with E-state index in [1.54, 1.807) is 0 Å². The van der Waals surface area contributed by atoms with Gasteiger partial charge < -0.3 is 5.32 Å². The molecule has 1 saturated carbocycles. The van der Waals surface area contributed by atoms with Crippen LogP contribution < -0.4 is 5.32 Å². The maximum Gasteiger partial charge on any atom is 0.137 e. The molecule has 0 aliphatic heterocycles. The van der Waals surface area contributed by atoms with Crippen LogP contribution in [0.2, 0.25) is 5.15 Å². The van der Waals surface area contributed by atoms with Crippen LogP contribution in [0.1, 0.15) is 50.9 Å². The van der Waals surface area contributed by atoms with Crippen molar-refractivity contribution in [1.29, 1.82) is 0 Å². The van der Waals surface area contributed by atoms with Crippen molar-refractivity contribution >= 4 is 17.4 Å². The van der Waals surface area contributed by atoms with Crippen LogP contribution in [0.25, 0.3) is 0 Å². The van der Waals surface area contributed by atoms with Crippen LogP contribution in [0.5, 0.6) is 0 Å². The number of aromatic nitrogens is 2. The number of halogens is 1. The number of rotatable bonds is 2. The van der Waals surface area contributed by atoms with E-state index in [1.807, 2.05) is 13.8 Å². The Labute approximate surface area is 114 Å². The predicted molar refractivity (Wildman–Crippen MR) is 76.2 cm³/mol. The van der Waals surface area contributed by atoms with Gasteiger partial charge in [0.15, 0.2) is 0 Å². The summed E-state index contributed by atoms with van der Waals surface area (Å²) in [5, 5.41) is 4.14. The minimum absolute atomic E-state index is 0.315. The smallest absolute Gasteiger partial charge is 0.137 e. The zero-order valence-electron chi connectivity index (χ0n) is 11.7. The molecule has 1 aliphatic rings. The van der Waals surface area contributed by atoms with Gasteiger partial charge >= 0.3 is 0 Å². The molecule has 0 bridgehead atoms. The van der Waals surface area contributed by atoms with Crippen LogP contribution in [0.3, 0.4) is 0 Å². The number of hydrogen-bond donors (Lipinski definition) is 1. The summed E-state index contributed by atoms with van der Waals surface area (Å²) in [7, 11) is 0. The Morgan fingerprint density at radius 1 is 1.22 bits per heavy atom. The highest BCUT2D eigenvalue weighted by Crippen LogP contribution is 2.37. The first-order valence-electron chi connectivity index (χ1n) is 6.67. The lowest BCUT2D eigenvalue weighted by atomic mass is 9.73. The van der Waals surface area contributed by atoms with Gasteiger partial charge in [-0.15, -0.1) is 0 Å². The minimum Gasteiger partial charge on any atom is -0.366 e. The second-order valence-electron chi connectivity index (χ2n) is 5.97. The number of aryl methyl sites for hydroxylation is 1. The Hall–Kier alpha value is -0.830. The van der Waals surface area contributed by atoms with E-state index in [2.05, 4.69) is 29.1 Å². The standard InChI is InChI=1S/C14H22ClN3/c1-9-12(15)16-10(2)17-13(9)18-11-7-5-6-8-14(11,3)4/h11H,5-8H2,1-4H3,(H,16,17,18). The van der Waals surface area contributed by atoms with Crippen LogP contribution >= 0.6 is 11.6 Å². The zero-order valence-corrected chi connectivity index (χ0v) is 12.4. The third-order valence-corrected chi connectivity index (χ3v) is 4.38. The lowest BCUT2D eigenvalue weighted by Gasteiger charge is -2.39. The van der Waals surface area contributed by atoms with Crippen molar-refractivity contribution in [1.82, 2.24) is 9.97 Å². The number of anilines is 1. The predicted octanol–water partition coefficient (Wildman–Crippen LogP) is 4.13. The van der Waals surface area contributed by atoms with Gasteiger partial charge in [0, 0.05) is 11.6 Å². The van der Waals surface area contributed by atoms with Crippen molar-refractivity contribution in [3.8, 4) is 0 Å². The van der Waals surface area contributed by atoms with E-state index in [-0.39, 0.29) is 0 Å². The largest absolute Gasteiger partial charge is 0.366 e. The Morgan fingerprint density at radius 2 is 1.94 bits per heavy atom. The van der Waals surface area contributed by atoms with E-state index < -0.39 is 0 Å². The lowest BCUT2D eigenvalue weighted by molar-refractivity contribution is 0.216. The molecule has 1 aromatic heterocycles. The van der Waals surface area contributed by atoms with Crippen LogP contribution in [-0.2, 0) is 0 Å². The molecule has 3 nitrogen and oxygen atoms in total. The molecule has 0 saturated heterocycles. The third kappa shape index (κ3) is 2.77. The molecule has 1 aliphatic carbocycles. The summed E-state index contributed by atoms with van der Waals surface area (Å²) in [6.45, 7) is 8.51. The monoisotopic (exact) mass is 267 g/mol. The van der Waals surface area contributed by atoms with Gasteiger partial charge in [-0.1, -0.05) is 38.3 Å². The van der Waals surface area contributed by atoms with Gasteiger partial charge in [0.1, 0.15) is 16.8 Å². The fourth-order valence-corrected chi connectivity index (χ4v) is 2.87. The van der Waals surface area contributed by atoms with E-state index in [0.717, 1.165) is 17.2 Å². The second-order valence-corrected chi connectivity index (χ2v) is 6.32. The first-order valence-corrected chi connectivity index (χ1v) is 7.05. The molecule has 1 heterocycles. The quantitative estimate of drug-likeness (QED) is 0.819. The van der Waals surface area contributed by atoms with Gasteiger partial charge in [0.25, 0.3) is 0 Å². The molecule has 0 radical (unpaired) electrons. The Bertz CT molecular complexity index is 443. The zero-order chi connectivity index (χ0) is 13.3. The summed E-state index contributed by atoms with van der Waals surface area (Å²) < 4.78 is 0. The SMILES string of the molecule is Cc1nc(Cl)c(C)c(NC2CCCCC2(C)C)n1. The van der Waals surface area contributed by atoms with Gasteiger partial charge in [-0.2, -0.15) is 0 Å². The maximum atomic E-state index is 6.12. The highest BCUT2D eigenvalue weighted by atomic mass is 35.5. The van der Waals surface area contributed by atoms with Gasteiger partial charge in [0.2, 0.25) is 0 Å². The van der Waals surface area contributed by atoms with E-state index in [9.17, 15) is 0 Å². The van der Waals surface area contributed by atoms with E-state index >= 15 is 0 Å². The number of hydrogen-bond acceptors (Lipinski definition) is 3. The molecular weight excluding hydrogens is 246 g/mol. The van der Waals surface area contributed by atoms with Gasteiger partial charge in [-0.05, 0) is 32.1 Å². The molecule has 2 rings (SSSR count). The summed E-state index contributed by atoms with van der Waals surface area (Å²) in [4.78, 5) is 8.66. The van der Waals surface area contributed by atoms with Crippen molar-refractivity contribution in [3.05, 3.63) is 16.5 Å². The number of nitrogens with one attached hydrogen (secondary N) is 1. The topological polar surface area (TPSA) is 37.8 Å². The highest BCUT2D eigenvalue weighted by Gasteiger charge is 2.32. The van der Waals surface area contributed by atoms with Gasteiger partial charge in [0.05, 0.1) is 0 Å². The van der Waals surface area contributed by atoms with E-state index in [0.29, 0.717) is 16.6 Å². The first-order chi connectivity index (χ1) is 8.40. The molecule has 100 valence electrons. The van der Waals surface area contributed by atoms with Crippen molar-refractivity contribution in [2.75, 3.05) is 5.32 Å². The summed E-state index contributed by atoms with van der Waals surface area (Å²) in [6.07, 6.45) is 5.08. The molecule has 1 fully saturated rings. The van der Waals surface area contributed by atoms with E-state index in [4.69, 9.17) is 11.6 Å². The van der Waals surface area contributed by atoms with Crippen LogP contribution in [0.4, 0.5) is 5.82 Å².